The second-order valence-electron chi connectivity index (χ2n) is 4.39. The minimum Gasteiger partial charge on any atom is -0.477 e. The number of carboxylic acids is 1. The van der Waals surface area contributed by atoms with E-state index >= 15 is 0 Å². The van der Waals surface area contributed by atoms with E-state index in [9.17, 15) is 9.59 Å². The van der Waals surface area contributed by atoms with Crippen LogP contribution in [-0.2, 0) is 11.2 Å². The Balaban J connectivity index is 1.97. The Morgan fingerprint density at radius 2 is 2.11 bits per heavy atom. The standard InChI is InChI=1S/C13H11N3O3/c17-12-4-2-7-5-8(1-3-9(7)14-12)10-6-11(13(18)19)16-15-10/h1,3,5-6H,2,4H2,(H,14,17)(H,15,16)(H,18,19). The first-order valence-corrected chi connectivity index (χ1v) is 5.85. The van der Waals surface area contributed by atoms with E-state index < -0.39 is 5.97 Å². The summed E-state index contributed by atoms with van der Waals surface area (Å²) in [5, 5.41) is 18.1. The van der Waals surface area contributed by atoms with Crippen LogP contribution < -0.4 is 5.32 Å². The molecule has 0 unspecified atom stereocenters. The summed E-state index contributed by atoms with van der Waals surface area (Å²) < 4.78 is 0. The lowest BCUT2D eigenvalue weighted by atomic mass is 9.99. The number of aromatic carboxylic acids is 1. The van der Waals surface area contributed by atoms with Gasteiger partial charge in [0, 0.05) is 17.7 Å². The number of hydrogen-bond donors (Lipinski definition) is 3. The number of hydrogen-bond acceptors (Lipinski definition) is 3. The highest BCUT2D eigenvalue weighted by Crippen LogP contribution is 2.28. The van der Waals surface area contributed by atoms with Crippen LogP contribution in [0.2, 0.25) is 0 Å². The summed E-state index contributed by atoms with van der Waals surface area (Å²) in [6.07, 6.45) is 1.16. The van der Waals surface area contributed by atoms with Crippen molar-refractivity contribution in [3.05, 3.63) is 35.5 Å². The Morgan fingerprint density at radius 3 is 2.84 bits per heavy atom. The third-order valence-corrected chi connectivity index (χ3v) is 3.10. The quantitative estimate of drug-likeness (QED) is 0.762. The number of aromatic amines is 1. The molecule has 0 radical (unpaired) electrons. The van der Waals surface area contributed by atoms with Crippen LogP contribution in [0.25, 0.3) is 11.3 Å². The van der Waals surface area contributed by atoms with Gasteiger partial charge in [-0.3, -0.25) is 9.89 Å². The van der Waals surface area contributed by atoms with E-state index in [2.05, 4.69) is 15.5 Å². The molecule has 1 aliphatic rings. The summed E-state index contributed by atoms with van der Waals surface area (Å²) in [5.74, 6) is -1.02. The van der Waals surface area contributed by atoms with E-state index in [0.29, 0.717) is 18.5 Å². The van der Waals surface area contributed by atoms with Crippen molar-refractivity contribution in [1.82, 2.24) is 10.2 Å². The van der Waals surface area contributed by atoms with Gasteiger partial charge in [-0.2, -0.15) is 5.10 Å². The zero-order valence-electron chi connectivity index (χ0n) is 9.93. The van der Waals surface area contributed by atoms with Gasteiger partial charge in [-0.25, -0.2) is 4.79 Å². The molecule has 19 heavy (non-hydrogen) atoms. The Hall–Kier alpha value is -2.63. The monoisotopic (exact) mass is 257 g/mol. The molecule has 6 heteroatoms. The molecule has 0 aliphatic carbocycles. The second kappa shape index (κ2) is 4.24. The van der Waals surface area contributed by atoms with Crippen molar-refractivity contribution in [2.75, 3.05) is 5.32 Å². The third-order valence-electron chi connectivity index (χ3n) is 3.10. The Morgan fingerprint density at radius 1 is 1.26 bits per heavy atom. The van der Waals surface area contributed by atoms with Crippen molar-refractivity contribution in [3.63, 3.8) is 0 Å². The van der Waals surface area contributed by atoms with Crippen LogP contribution in [0.4, 0.5) is 5.69 Å². The SMILES string of the molecule is O=C1CCc2cc(-c3cc(C(=O)O)[nH]n3)ccc2N1. The van der Waals surface area contributed by atoms with E-state index in [-0.39, 0.29) is 11.6 Å². The maximum atomic E-state index is 11.3. The molecule has 3 N–H and O–H groups in total. The fourth-order valence-corrected chi connectivity index (χ4v) is 2.12. The Kier molecular flexibility index (Phi) is 2.56. The smallest absolute Gasteiger partial charge is 0.353 e. The molecule has 0 fully saturated rings. The van der Waals surface area contributed by atoms with Gasteiger partial charge in [-0.1, -0.05) is 6.07 Å². The van der Waals surface area contributed by atoms with E-state index in [1.165, 1.54) is 6.07 Å². The lowest BCUT2D eigenvalue weighted by Crippen LogP contribution is -2.18. The average molecular weight is 257 g/mol. The number of aromatic nitrogens is 2. The van der Waals surface area contributed by atoms with Gasteiger partial charge in [0.25, 0.3) is 0 Å². The number of nitrogens with zero attached hydrogens (tertiary/aromatic N) is 1. The first kappa shape index (κ1) is 11.5. The maximum absolute atomic E-state index is 11.3. The van der Waals surface area contributed by atoms with Crippen molar-refractivity contribution in [3.8, 4) is 11.3 Å². The molecule has 6 nitrogen and oxygen atoms in total. The van der Waals surface area contributed by atoms with Gasteiger partial charge in [0.15, 0.2) is 0 Å². The molecule has 0 saturated heterocycles. The summed E-state index contributed by atoms with van der Waals surface area (Å²) in [5.41, 5.74) is 3.32. The highest BCUT2D eigenvalue weighted by Gasteiger charge is 2.16. The molecular formula is C13H11N3O3. The van der Waals surface area contributed by atoms with Crippen LogP contribution in [0.3, 0.4) is 0 Å². The van der Waals surface area contributed by atoms with Crippen LogP contribution in [0.15, 0.2) is 24.3 Å². The van der Waals surface area contributed by atoms with E-state index in [4.69, 9.17) is 5.11 Å². The number of nitrogens with one attached hydrogen (secondary N) is 2. The van der Waals surface area contributed by atoms with Gasteiger partial charge in [-0.05, 0) is 30.2 Å². The van der Waals surface area contributed by atoms with Crippen LogP contribution in [0.1, 0.15) is 22.5 Å². The van der Waals surface area contributed by atoms with E-state index in [1.807, 2.05) is 18.2 Å². The van der Waals surface area contributed by atoms with Crippen molar-refractivity contribution in [1.29, 1.82) is 0 Å². The minimum atomic E-state index is -1.04. The summed E-state index contributed by atoms with van der Waals surface area (Å²) in [6.45, 7) is 0. The zero-order valence-corrected chi connectivity index (χ0v) is 9.93. The fraction of sp³-hybridized carbons (Fsp3) is 0.154. The Bertz CT molecular complexity index is 676. The predicted octanol–water partition coefficient (Wildman–Crippen LogP) is 1.66. The molecular weight excluding hydrogens is 246 g/mol. The molecule has 0 spiro atoms. The lowest BCUT2D eigenvalue weighted by molar-refractivity contribution is -0.116. The fourth-order valence-electron chi connectivity index (χ4n) is 2.12. The lowest BCUT2D eigenvalue weighted by Gasteiger charge is -2.17. The normalized spacial score (nSPS) is 13.8. The number of H-pyrrole nitrogens is 1. The van der Waals surface area contributed by atoms with E-state index in [0.717, 1.165) is 16.8 Å². The van der Waals surface area contributed by atoms with Crippen molar-refractivity contribution in [2.45, 2.75) is 12.8 Å². The van der Waals surface area contributed by atoms with Gasteiger partial charge in [0.1, 0.15) is 5.69 Å². The molecule has 1 aromatic heterocycles. The largest absolute Gasteiger partial charge is 0.477 e. The molecule has 0 saturated carbocycles. The number of aryl methyl sites for hydroxylation is 1. The molecule has 2 aromatic rings. The summed E-state index contributed by atoms with van der Waals surface area (Å²) in [7, 11) is 0. The molecule has 0 bridgehead atoms. The molecule has 2 heterocycles. The number of fused-ring (bicyclic) bond motifs is 1. The highest BCUT2D eigenvalue weighted by atomic mass is 16.4. The molecule has 96 valence electrons. The van der Waals surface area contributed by atoms with Crippen molar-refractivity contribution in [2.24, 2.45) is 0 Å². The molecule has 1 aromatic carbocycles. The number of carbonyl (C=O) groups is 2. The first-order chi connectivity index (χ1) is 9.13. The second-order valence-corrected chi connectivity index (χ2v) is 4.39. The van der Waals surface area contributed by atoms with Gasteiger partial charge in [0.05, 0.1) is 5.69 Å². The molecule has 0 atom stereocenters. The van der Waals surface area contributed by atoms with Gasteiger partial charge in [-0.15, -0.1) is 0 Å². The predicted molar refractivity (Wildman–Crippen MR) is 67.9 cm³/mol. The number of benzene rings is 1. The number of rotatable bonds is 2. The van der Waals surface area contributed by atoms with Crippen LogP contribution >= 0.6 is 0 Å². The van der Waals surface area contributed by atoms with Crippen LogP contribution in [0.5, 0.6) is 0 Å². The maximum Gasteiger partial charge on any atom is 0.353 e. The molecule has 3 rings (SSSR count). The number of carboxylic acid groups (broad SMARTS) is 1. The Labute approximate surface area is 108 Å². The number of amides is 1. The minimum absolute atomic E-state index is 0.0215. The number of anilines is 1. The topological polar surface area (TPSA) is 95.1 Å². The van der Waals surface area contributed by atoms with Gasteiger partial charge >= 0.3 is 5.97 Å². The van der Waals surface area contributed by atoms with Crippen LogP contribution in [-0.4, -0.2) is 27.2 Å². The van der Waals surface area contributed by atoms with Gasteiger partial charge < -0.3 is 10.4 Å². The molecule has 1 amide bonds. The number of carbonyl (C=O) groups excluding carboxylic acids is 1. The van der Waals surface area contributed by atoms with Crippen molar-refractivity contribution < 1.29 is 14.7 Å². The zero-order chi connectivity index (χ0) is 13.4. The third kappa shape index (κ3) is 2.08. The van der Waals surface area contributed by atoms with Crippen LogP contribution in [0, 0.1) is 0 Å². The summed E-state index contributed by atoms with van der Waals surface area (Å²) in [4.78, 5) is 22.1. The van der Waals surface area contributed by atoms with Gasteiger partial charge in [0.2, 0.25) is 5.91 Å². The highest BCUT2D eigenvalue weighted by molar-refractivity contribution is 5.94. The average Bonchev–Trinajstić information content (AvgIpc) is 2.88. The molecule has 1 aliphatic heterocycles. The van der Waals surface area contributed by atoms with Crippen molar-refractivity contribution >= 4 is 17.6 Å². The van der Waals surface area contributed by atoms with E-state index in [1.54, 1.807) is 0 Å². The first-order valence-electron chi connectivity index (χ1n) is 5.85. The summed E-state index contributed by atoms with van der Waals surface area (Å²) >= 11 is 0. The summed E-state index contributed by atoms with van der Waals surface area (Å²) in [6, 6.07) is 7.05.